The number of rotatable bonds is 3. The zero-order chi connectivity index (χ0) is 11.4. The summed E-state index contributed by atoms with van der Waals surface area (Å²) in [4.78, 5) is 12.6. The van der Waals surface area contributed by atoms with Crippen molar-refractivity contribution in [1.29, 1.82) is 0 Å². The van der Waals surface area contributed by atoms with Crippen molar-refractivity contribution in [2.45, 2.75) is 32.2 Å². The van der Waals surface area contributed by atoms with E-state index in [1.54, 1.807) is 0 Å². The number of carbonyl (C=O) groups is 1. The average molecular weight is 277 g/mol. The first-order valence-electron chi connectivity index (χ1n) is 5.64. The molecule has 0 bridgehead atoms. The van der Waals surface area contributed by atoms with Crippen molar-refractivity contribution < 1.29 is 4.79 Å². The van der Waals surface area contributed by atoms with Gasteiger partial charge in [-0.3, -0.25) is 4.79 Å². The Hall–Kier alpha value is -0.720. The second kappa shape index (κ2) is 6.88. The van der Waals surface area contributed by atoms with E-state index in [1.165, 1.54) is 11.5 Å². The summed E-state index contributed by atoms with van der Waals surface area (Å²) in [7, 11) is 0. The predicted octanol–water partition coefficient (Wildman–Crippen LogP) is 1.00. The molecule has 2 heterocycles. The van der Waals surface area contributed by atoms with Crippen LogP contribution in [0.3, 0.4) is 0 Å². The van der Waals surface area contributed by atoms with Crippen LogP contribution >= 0.6 is 23.9 Å². The van der Waals surface area contributed by atoms with Gasteiger partial charge in [-0.15, -0.1) is 17.5 Å². The number of amides is 1. The molecule has 0 aliphatic carbocycles. The highest BCUT2D eigenvalue weighted by molar-refractivity contribution is 7.08. The second-order valence-corrected chi connectivity index (χ2v) is 4.67. The fraction of sp³-hybridized carbons (Fsp3) is 0.700. The van der Waals surface area contributed by atoms with Gasteiger partial charge in [0.05, 0.1) is 5.69 Å². The Morgan fingerprint density at radius 1 is 1.65 bits per heavy atom. The maximum absolute atomic E-state index is 11.9. The molecule has 7 heteroatoms. The number of carbonyl (C=O) groups excluding carboxylic acids is 1. The molecule has 2 rings (SSSR count). The van der Waals surface area contributed by atoms with E-state index >= 15 is 0 Å². The number of aromatic nitrogens is 2. The van der Waals surface area contributed by atoms with E-state index < -0.39 is 0 Å². The van der Waals surface area contributed by atoms with Gasteiger partial charge in [-0.25, -0.2) is 0 Å². The topological polar surface area (TPSA) is 66.9 Å². The maximum Gasteiger partial charge on any atom is 0.265 e. The summed E-state index contributed by atoms with van der Waals surface area (Å²) in [6, 6.07) is 0.244. The number of aryl methyl sites for hydroxylation is 1. The minimum absolute atomic E-state index is 0. The van der Waals surface area contributed by atoms with Crippen LogP contribution in [0.15, 0.2) is 0 Å². The van der Waals surface area contributed by atoms with Gasteiger partial charge in [0.15, 0.2) is 0 Å². The summed E-state index contributed by atoms with van der Waals surface area (Å²) >= 11 is 1.18. The van der Waals surface area contributed by atoms with Crippen LogP contribution in [0.1, 0.15) is 35.1 Å². The molecule has 1 saturated heterocycles. The van der Waals surface area contributed by atoms with Gasteiger partial charge in [0.1, 0.15) is 4.88 Å². The summed E-state index contributed by atoms with van der Waals surface area (Å²) in [5.41, 5.74) is 0.797. The number of nitrogens with zero attached hydrogens (tertiary/aromatic N) is 2. The smallest absolute Gasteiger partial charge is 0.265 e. The van der Waals surface area contributed by atoms with Crippen LogP contribution in [0.25, 0.3) is 0 Å². The van der Waals surface area contributed by atoms with Gasteiger partial charge < -0.3 is 10.6 Å². The number of halogens is 1. The summed E-state index contributed by atoms with van der Waals surface area (Å²) in [5.74, 6) is -0.0273. The largest absolute Gasteiger partial charge is 0.347 e. The van der Waals surface area contributed by atoms with E-state index in [1.807, 2.05) is 6.92 Å². The van der Waals surface area contributed by atoms with Crippen molar-refractivity contribution in [2.75, 3.05) is 13.1 Å². The molecule has 1 aromatic rings. The van der Waals surface area contributed by atoms with Crippen LogP contribution in [0, 0.1) is 0 Å². The average Bonchev–Trinajstić information content (AvgIpc) is 2.78. The van der Waals surface area contributed by atoms with Gasteiger partial charge in [0, 0.05) is 12.6 Å². The fourth-order valence-corrected chi connectivity index (χ4v) is 2.49. The Labute approximate surface area is 111 Å². The molecule has 1 aliphatic rings. The number of nitrogens with one attached hydrogen (secondary N) is 2. The highest BCUT2D eigenvalue weighted by Crippen LogP contribution is 2.12. The highest BCUT2D eigenvalue weighted by Gasteiger charge is 2.20. The molecule has 0 spiro atoms. The van der Waals surface area contributed by atoms with E-state index in [0.29, 0.717) is 4.88 Å². The van der Waals surface area contributed by atoms with Crippen LogP contribution in [0.5, 0.6) is 0 Å². The Morgan fingerprint density at radius 3 is 3.12 bits per heavy atom. The van der Waals surface area contributed by atoms with Gasteiger partial charge in [0.2, 0.25) is 0 Å². The lowest BCUT2D eigenvalue weighted by Crippen LogP contribution is -2.45. The molecule has 1 amide bonds. The van der Waals surface area contributed by atoms with Gasteiger partial charge in [-0.1, -0.05) is 11.4 Å². The first-order valence-corrected chi connectivity index (χ1v) is 6.41. The molecule has 0 saturated carbocycles. The monoisotopic (exact) mass is 276 g/mol. The molecule has 2 N–H and O–H groups in total. The third-order valence-electron chi connectivity index (χ3n) is 2.73. The fourth-order valence-electron chi connectivity index (χ4n) is 1.84. The first kappa shape index (κ1) is 14.3. The van der Waals surface area contributed by atoms with E-state index in [0.717, 1.165) is 38.0 Å². The molecule has 0 aromatic carbocycles. The van der Waals surface area contributed by atoms with E-state index in [-0.39, 0.29) is 24.4 Å². The Morgan fingerprint density at radius 2 is 2.47 bits per heavy atom. The normalized spacial score (nSPS) is 19.5. The van der Waals surface area contributed by atoms with Crippen molar-refractivity contribution in [2.24, 2.45) is 0 Å². The molecular formula is C10H17ClN4OS. The third kappa shape index (κ3) is 3.62. The van der Waals surface area contributed by atoms with E-state index in [2.05, 4.69) is 20.2 Å². The zero-order valence-electron chi connectivity index (χ0n) is 9.73. The maximum atomic E-state index is 11.9. The molecule has 17 heavy (non-hydrogen) atoms. The summed E-state index contributed by atoms with van der Waals surface area (Å²) in [5, 5.41) is 10.2. The Kier molecular flexibility index (Phi) is 5.80. The molecule has 0 radical (unpaired) electrons. The van der Waals surface area contributed by atoms with Gasteiger partial charge >= 0.3 is 0 Å². The predicted molar refractivity (Wildman–Crippen MR) is 69.9 cm³/mol. The van der Waals surface area contributed by atoms with Crippen LogP contribution in [-0.4, -0.2) is 34.6 Å². The van der Waals surface area contributed by atoms with Crippen LogP contribution in [0.2, 0.25) is 0 Å². The number of hydrogen-bond acceptors (Lipinski definition) is 5. The summed E-state index contributed by atoms with van der Waals surface area (Å²) in [6.07, 6.45) is 2.92. The first-order chi connectivity index (χ1) is 7.81. The molecule has 5 nitrogen and oxygen atoms in total. The van der Waals surface area contributed by atoms with E-state index in [4.69, 9.17) is 0 Å². The number of piperidine rings is 1. The molecule has 1 fully saturated rings. The lowest BCUT2D eigenvalue weighted by Gasteiger charge is -2.23. The van der Waals surface area contributed by atoms with Crippen LogP contribution in [-0.2, 0) is 6.42 Å². The molecular weight excluding hydrogens is 260 g/mol. The molecule has 1 aliphatic heterocycles. The van der Waals surface area contributed by atoms with Gasteiger partial charge in [0.25, 0.3) is 5.91 Å². The molecule has 1 aromatic heterocycles. The van der Waals surface area contributed by atoms with Crippen molar-refractivity contribution in [1.82, 2.24) is 20.2 Å². The van der Waals surface area contributed by atoms with Gasteiger partial charge in [-0.05, 0) is 37.3 Å². The summed E-state index contributed by atoms with van der Waals surface area (Å²) < 4.78 is 3.82. The lowest BCUT2D eigenvalue weighted by atomic mass is 10.1. The van der Waals surface area contributed by atoms with Crippen LogP contribution < -0.4 is 10.6 Å². The standard InChI is InChI=1S/C10H16N4OS.ClH/c1-2-8-9(16-14-13-8)10(15)12-7-4-3-5-11-6-7;/h7,11H,2-6H2,1H3,(H,12,15);1H/t7-;/m1./s1. The molecule has 0 unspecified atom stereocenters. The zero-order valence-corrected chi connectivity index (χ0v) is 11.4. The Bertz CT molecular complexity index is 365. The quantitative estimate of drug-likeness (QED) is 0.865. The van der Waals surface area contributed by atoms with E-state index in [9.17, 15) is 4.79 Å². The van der Waals surface area contributed by atoms with Crippen LogP contribution in [0.4, 0.5) is 0 Å². The minimum Gasteiger partial charge on any atom is -0.347 e. The van der Waals surface area contributed by atoms with Crippen molar-refractivity contribution >= 4 is 29.8 Å². The number of hydrogen-bond donors (Lipinski definition) is 2. The van der Waals surface area contributed by atoms with Crippen molar-refractivity contribution in [3.63, 3.8) is 0 Å². The van der Waals surface area contributed by atoms with Crippen molar-refractivity contribution in [3.05, 3.63) is 10.6 Å². The summed E-state index contributed by atoms with van der Waals surface area (Å²) in [6.45, 7) is 3.89. The Balaban J connectivity index is 0.00000144. The third-order valence-corrected chi connectivity index (χ3v) is 3.50. The molecule has 96 valence electrons. The highest BCUT2D eigenvalue weighted by atomic mass is 35.5. The lowest BCUT2D eigenvalue weighted by molar-refractivity contribution is 0.0933. The second-order valence-electron chi connectivity index (χ2n) is 3.92. The SMILES string of the molecule is CCc1nnsc1C(=O)N[C@@H]1CCCNC1.Cl. The van der Waals surface area contributed by atoms with Gasteiger partial charge in [-0.2, -0.15) is 0 Å². The minimum atomic E-state index is -0.0273. The van der Waals surface area contributed by atoms with Crippen molar-refractivity contribution in [3.8, 4) is 0 Å². The molecule has 1 atom stereocenters.